The molecule has 8 nitrogen and oxygen atoms in total. The molecule has 1 rings (SSSR count). The topological polar surface area (TPSA) is 137 Å². The smallest absolute Gasteiger partial charge is 0.315 e. The number of ether oxygens (including phenoxy) is 1. The molecule has 0 atom stereocenters. The molecule has 126 valence electrons. The van der Waals surface area contributed by atoms with Gasteiger partial charge in [-0.1, -0.05) is 11.6 Å². The van der Waals surface area contributed by atoms with Crippen molar-refractivity contribution in [2.75, 3.05) is 13.2 Å². The summed E-state index contributed by atoms with van der Waals surface area (Å²) in [6, 6.07) is 3.03. The van der Waals surface area contributed by atoms with E-state index in [4.69, 9.17) is 27.8 Å². The number of hydrogen-bond donors (Lipinski definition) is 4. The molecule has 0 bridgehead atoms. The van der Waals surface area contributed by atoms with E-state index < -0.39 is 23.9 Å². The molecule has 0 spiro atoms. The Balaban J connectivity index is 2.28. The fourth-order valence-electron chi connectivity index (χ4n) is 1.70. The molecule has 0 aliphatic carbocycles. The Bertz CT molecular complexity index is 580. The molecule has 4 amide bonds. The highest BCUT2D eigenvalue weighted by molar-refractivity contribution is 6.30. The van der Waals surface area contributed by atoms with E-state index in [1.165, 1.54) is 0 Å². The normalized spacial score (nSPS) is 10.2. The van der Waals surface area contributed by atoms with Gasteiger partial charge in [0, 0.05) is 11.6 Å². The first-order valence-electron chi connectivity index (χ1n) is 6.83. The molecule has 0 radical (unpaired) electrons. The first-order valence-corrected chi connectivity index (χ1v) is 7.21. The maximum atomic E-state index is 11.5. The number of amides is 4. The molecule has 0 fully saturated rings. The molecular formula is C14H19ClN4O4. The Labute approximate surface area is 138 Å². The zero-order valence-corrected chi connectivity index (χ0v) is 13.4. The van der Waals surface area contributed by atoms with Gasteiger partial charge in [0.15, 0.2) is 6.04 Å². The van der Waals surface area contributed by atoms with Gasteiger partial charge in [-0.05, 0) is 37.1 Å². The van der Waals surface area contributed by atoms with E-state index in [0.717, 1.165) is 5.56 Å². The van der Waals surface area contributed by atoms with E-state index in [-0.39, 0.29) is 6.54 Å². The van der Waals surface area contributed by atoms with Crippen molar-refractivity contribution in [2.45, 2.75) is 19.4 Å². The van der Waals surface area contributed by atoms with Crippen LogP contribution in [0.2, 0.25) is 5.02 Å². The van der Waals surface area contributed by atoms with Crippen LogP contribution in [-0.4, -0.2) is 37.0 Å². The molecule has 23 heavy (non-hydrogen) atoms. The van der Waals surface area contributed by atoms with Gasteiger partial charge in [0.05, 0.1) is 6.61 Å². The van der Waals surface area contributed by atoms with Gasteiger partial charge in [-0.2, -0.15) is 0 Å². The van der Waals surface area contributed by atoms with Crippen molar-refractivity contribution in [1.82, 2.24) is 10.6 Å². The lowest BCUT2D eigenvalue weighted by molar-refractivity contribution is -0.128. The van der Waals surface area contributed by atoms with E-state index in [2.05, 4.69) is 10.6 Å². The Morgan fingerprint density at radius 3 is 2.48 bits per heavy atom. The second-order valence-corrected chi connectivity index (χ2v) is 5.19. The van der Waals surface area contributed by atoms with E-state index in [1.807, 2.05) is 6.92 Å². The van der Waals surface area contributed by atoms with Gasteiger partial charge >= 0.3 is 6.03 Å². The van der Waals surface area contributed by atoms with E-state index in [0.29, 0.717) is 23.8 Å². The van der Waals surface area contributed by atoms with Crippen LogP contribution in [0.3, 0.4) is 0 Å². The number of primary amides is 2. The van der Waals surface area contributed by atoms with Gasteiger partial charge in [-0.25, -0.2) is 4.79 Å². The highest BCUT2D eigenvalue weighted by Crippen LogP contribution is 2.21. The summed E-state index contributed by atoms with van der Waals surface area (Å²) >= 11 is 5.85. The first kappa shape index (κ1) is 18.6. The molecule has 0 saturated heterocycles. The number of nitrogens with one attached hydrogen (secondary N) is 2. The maximum absolute atomic E-state index is 11.5. The SMILES string of the molecule is Cc1cc(Cl)ccc1OCCCNC(=O)NC(C(N)=O)C(N)=O. The minimum Gasteiger partial charge on any atom is -0.493 e. The number of hydrogen-bond acceptors (Lipinski definition) is 4. The molecule has 1 aromatic carbocycles. The summed E-state index contributed by atoms with van der Waals surface area (Å²) in [5, 5.41) is 5.18. The second-order valence-electron chi connectivity index (χ2n) is 4.75. The molecule has 0 aliphatic heterocycles. The molecule has 0 unspecified atom stereocenters. The average molecular weight is 343 g/mol. The summed E-state index contributed by atoms with van der Waals surface area (Å²) in [6.45, 7) is 2.53. The minimum absolute atomic E-state index is 0.280. The Kier molecular flexibility index (Phi) is 7.14. The number of benzene rings is 1. The standard InChI is InChI=1S/C14H19ClN4O4/c1-8-7-9(15)3-4-10(8)23-6-2-5-18-14(22)19-11(12(16)20)13(17)21/h3-4,7,11H,2,5-6H2,1H3,(H2,16,20)(H2,17,21)(H2,18,19,22). The molecule has 0 aromatic heterocycles. The van der Waals surface area contributed by atoms with Crippen LogP contribution >= 0.6 is 11.6 Å². The zero-order chi connectivity index (χ0) is 17.4. The van der Waals surface area contributed by atoms with E-state index >= 15 is 0 Å². The van der Waals surface area contributed by atoms with Gasteiger partial charge in [0.2, 0.25) is 11.8 Å². The van der Waals surface area contributed by atoms with Crippen molar-refractivity contribution in [3.05, 3.63) is 28.8 Å². The third-order valence-electron chi connectivity index (χ3n) is 2.85. The highest BCUT2D eigenvalue weighted by Gasteiger charge is 2.23. The summed E-state index contributed by atoms with van der Waals surface area (Å²) < 4.78 is 5.55. The number of halogens is 1. The number of urea groups is 1. The predicted octanol–water partition coefficient (Wildman–Crippen LogP) is 0.0557. The number of carbonyl (C=O) groups is 3. The van der Waals surface area contributed by atoms with Crippen molar-refractivity contribution in [1.29, 1.82) is 0 Å². The molecular weight excluding hydrogens is 324 g/mol. The van der Waals surface area contributed by atoms with Crippen LogP contribution in [0.25, 0.3) is 0 Å². The van der Waals surface area contributed by atoms with Crippen molar-refractivity contribution in [3.8, 4) is 5.75 Å². The van der Waals surface area contributed by atoms with Gasteiger partial charge < -0.3 is 26.8 Å². The van der Waals surface area contributed by atoms with Crippen molar-refractivity contribution < 1.29 is 19.1 Å². The number of carbonyl (C=O) groups excluding carboxylic acids is 3. The lowest BCUT2D eigenvalue weighted by Gasteiger charge is -2.13. The van der Waals surface area contributed by atoms with Crippen LogP contribution < -0.4 is 26.8 Å². The zero-order valence-electron chi connectivity index (χ0n) is 12.6. The maximum Gasteiger partial charge on any atom is 0.315 e. The molecule has 0 heterocycles. The van der Waals surface area contributed by atoms with Crippen LogP contribution in [-0.2, 0) is 9.59 Å². The monoisotopic (exact) mass is 342 g/mol. The molecule has 9 heteroatoms. The first-order chi connectivity index (χ1) is 10.8. The fourth-order valence-corrected chi connectivity index (χ4v) is 1.92. The molecule has 6 N–H and O–H groups in total. The van der Waals surface area contributed by atoms with E-state index in [1.54, 1.807) is 18.2 Å². The number of aryl methyl sites for hydroxylation is 1. The third kappa shape index (κ3) is 6.43. The average Bonchev–Trinajstić information content (AvgIpc) is 2.45. The number of rotatable bonds is 8. The Morgan fingerprint density at radius 1 is 1.26 bits per heavy atom. The minimum atomic E-state index is -1.54. The summed E-state index contributed by atoms with van der Waals surface area (Å²) in [6.07, 6.45) is 0.521. The van der Waals surface area contributed by atoms with Crippen LogP contribution in [0.15, 0.2) is 18.2 Å². The Morgan fingerprint density at radius 2 is 1.91 bits per heavy atom. The highest BCUT2D eigenvalue weighted by atomic mass is 35.5. The van der Waals surface area contributed by atoms with E-state index in [9.17, 15) is 14.4 Å². The van der Waals surface area contributed by atoms with Crippen molar-refractivity contribution in [3.63, 3.8) is 0 Å². The summed E-state index contributed by atoms with van der Waals surface area (Å²) in [4.78, 5) is 33.3. The molecule has 1 aromatic rings. The molecule has 0 aliphatic rings. The lowest BCUT2D eigenvalue weighted by Crippen LogP contribution is -2.55. The van der Waals surface area contributed by atoms with Crippen LogP contribution in [0.4, 0.5) is 4.79 Å². The largest absolute Gasteiger partial charge is 0.493 e. The van der Waals surface area contributed by atoms with Crippen LogP contribution in [0.1, 0.15) is 12.0 Å². The fraction of sp³-hybridized carbons (Fsp3) is 0.357. The van der Waals surface area contributed by atoms with Gasteiger partial charge in [-0.3, -0.25) is 9.59 Å². The molecule has 0 saturated carbocycles. The Hall–Kier alpha value is -2.48. The van der Waals surface area contributed by atoms with Gasteiger partial charge in [-0.15, -0.1) is 0 Å². The summed E-state index contributed by atoms with van der Waals surface area (Å²) in [7, 11) is 0. The van der Waals surface area contributed by atoms with Crippen LogP contribution in [0, 0.1) is 6.92 Å². The van der Waals surface area contributed by atoms with Crippen molar-refractivity contribution in [2.24, 2.45) is 11.5 Å². The predicted molar refractivity (Wildman–Crippen MR) is 85.0 cm³/mol. The quantitative estimate of drug-likeness (QED) is 0.392. The second kappa shape index (κ2) is 8.84. The van der Waals surface area contributed by atoms with Crippen molar-refractivity contribution >= 4 is 29.4 Å². The third-order valence-corrected chi connectivity index (χ3v) is 3.08. The van der Waals surface area contributed by atoms with Crippen LogP contribution in [0.5, 0.6) is 5.75 Å². The summed E-state index contributed by atoms with van der Waals surface area (Å²) in [5.41, 5.74) is 10.8. The summed E-state index contributed by atoms with van der Waals surface area (Å²) in [5.74, 6) is -1.33. The number of nitrogens with two attached hydrogens (primary N) is 2. The lowest BCUT2D eigenvalue weighted by atomic mass is 10.2. The van der Waals surface area contributed by atoms with Gasteiger partial charge in [0.1, 0.15) is 5.75 Å². The van der Waals surface area contributed by atoms with Gasteiger partial charge in [0.25, 0.3) is 0 Å².